The van der Waals surface area contributed by atoms with E-state index in [-0.39, 0.29) is 36.1 Å². The van der Waals surface area contributed by atoms with Crippen LogP contribution in [0.4, 0.5) is 11.6 Å². The van der Waals surface area contributed by atoms with Gasteiger partial charge in [0.1, 0.15) is 23.7 Å². The Bertz CT molecular complexity index is 2540. The highest BCUT2D eigenvalue weighted by atomic mass is 16.5. The lowest BCUT2D eigenvalue weighted by molar-refractivity contribution is 0.0919. The Morgan fingerprint density at radius 3 is 1.34 bits per heavy atom. The smallest absolute Gasteiger partial charge is 0.272 e. The molecule has 0 bridgehead atoms. The van der Waals surface area contributed by atoms with Crippen LogP contribution in [0.3, 0.4) is 0 Å². The molecule has 0 spiro atoms. The molecule has 4 aliphatic rings. The number of carbonyl (C=O) groups excluding carboxylic acids is 2. The Kier molecular flexibility index (Phi) is 15.1. The second kappa shape index (κ2) is 22.3. The lowest BCUT2D eigenvalue weighted by atomic mass is 9.89. The van der Waals surface area contributed by atoms with Gasteiger partial charge in [-0.05, 0) is 122 Å². The summed E-state index contributed by atoms with van der Waals surface area (Å²) in [4.78, 5) is 46.9. The van der Waals surface area contributed by atoms with Gasteiger partial charge in [-0.3, -0.25) is 19.6 Å². The van der Waals surface area contributed by atoms with Crippen LogP contribution >= 0.6 is 0 Å². The van der Waals surface area contributed by atoms with E-state index in [1.807, 2.05) is 62.9 Å². The van der Waals surface area contributed by atoms with Crippen molar-refractivity contribution in [3.05, 3.63) is 130 Å². The molecular weight excluding hydrogens is 889 g/mol. The van der Waals surface area contributed by atoms with Gasteiger partial charge in [-0.2, -0.15) is 0 Å². The third-order valence-corrected chi connectivity index (χ3v) is 13.4. The summed E-state index contributed by atoms with van der Waals surface area (Å²) >= 11 is 0. The fraction of sp³-hybridized carbons (Fsp3) is 0.423. The number of pyridine rings is 4. The topological polar surface area (TPSA) is 205 Å². The van der Waals surface area contributed by atoms with Crippen molar-refractivity contribution in [2.24, 2.45) is 0 Å². The molecule has 0 radical (unpaired) electrons. The number of ether oxygens (including phenoxy) is 4. The van der Waals surface area contributed by atoms with E-state index in [1.165, 1.54) is 22.3 Å². The van der Waals surface area contributed by atoms with Gasteiger partial charge in [0, 0.05) is 101 Å². The zero-order valence-electron chi connectivity index (χ0n) is 40.2. The molecule has 0 unspecified atom stereocenters. The molecule has 6 aromatic heterocycles. The molecule has 0 aromatic carbocycles. The number of carbonyl (C=O) groups is 2. The average Bonchev–Trinajstić information content (AvgIpc) is 3.39. The first-order valence-corrected chi connectivity index (χ1v) is 24.1. The maximum absolute atomic E-state index is 12.8. The third kappa shape index (κ3) is 11.8. The minimum Gasteiger partial charge on any atom is -0.489 e. The summed E-state index contributed by atoms with van der Waals surface area (Å²) in [6.07, 6.45) is 19.8. The predicted molar refractivity (Wildman–Crippen MR) is 262 cm³/mol. The molecule has 2 atom stereocenters. The fourth-order valence-electron chi connectivity index (χ4n) is 9.60. The van der Waals surface area contributed by atoms with Crippen LogP contribution in [0.1, 0.15) is 92.9 Å². The van der Waals surface area contributed by atoms with Gasteiger partial charge in [-0.25, -0.2) is 9.97 Å². The Hall–Kier alpha value is -7.50. The molecule has 364 valence electrons. The van der Waals surface area contributed by atoms with Crippen LogP contribution in [0.2, 0.25) is 0 Å². The van der Waals surface area contributed by atoms with Crippen molar-refractivity contribution >= 4 is 23.5 Å². The number of methoxy groups -OCH3 is 2. The number of hydrogen-bond donors (Lipinski definition) is 2. The number of nitrogens with zero attached hydrogens (tertiary/aromatic N) is 10. The van der Waals surface area contributed by atoms with Crippen molar-refractivity contribution in [3.63, 3.8) is 0 Å². The zero-order chi connectivity index (χ0) is 48.4. The quantitative estimate of drug-likeness (QED) is 0.148. The van der Waals surface area contributed by atoms with E-state index in [0.29, 0.717) is 23.1 Å². The van der Waals surface area contributed by atoms with E-state index < -0.39 is 0 Å². The maximum atomic E-state index is 12.8. The van der Waals surface area contributed by atoms with Crippen molar-refractivity contribution in [2.75, 3.05) is 50.2 Å². The summed E-state index contributed by atoms with van der Waals surface area (Å²) < 4.78 is 22.3. The van der Waals surface area contributed by atoms with E-state index in [2.05, 4.69) is 72.9 Å². The number of hydrogen-bond acceptors (Lipinski definition) is 16. The van der Waals surface area contributed by atoms with Crippen molar-refractivity contribution in [1.82, 2.24) is 51.0 Å². The van der Waals surface area contributed by atoms with E-state index >= 15 is 0 Å². The summed E-state index contributed by atoms with van der Waals surface area (Å²) in [5, 5.41) is 23.6. The van der Waals surface area contributed by atoms with Gasteiger partial charge in [0.05, 0.1) is 26.6 Å². The minimum absolute atomic E-state index is 0.0842. The first-order valence-electron chi connectivity index (χ1n) is 24.1. The molecular formula is C52H60N12O6. The lowest BCUT2D eigenvalue weighted by Gasteiger charge is -2.33. The Balaban J connectivity index is 0.000000174. The number of aryl methyl sites for hydroxylation is 4. The largest absolute Gasteiger partial charge is 0.489 e. The SMILES string of the molecule is COc1ccc(OC2CCN(c3nnc(C(=O)N[C@@H]4CCc5ccncc5C4)cc3C)CC2)cn1.COc1ccc(OC2CCN(c3nnc(C(=O)N[C@H]4CCc5ccncc5C4)cc3C)CC2)cn1. The molecule has 2 N–H and O–H groups in total. The Labute approximate surface area is 408 Å². The summed E-state index contributed by atoms with van der Waals surface area (Å²) in [7, 11) is 3.19. The van der Waals surface area contributed by atoms with E-state index in [9.17, 15) is 9.59 Å². The molecule has 2 fully saturated rings. The standard InChI is InChI=1S/2C26H30N6O3/c2*1-17-13-23(26(33)29-20-4-3-18-7-10-27-15-19(18)14-20)30-31-25(17)32-11-8-21(9-12-32)35-22-5-6-24(34-2)28-16-22/h2*5-7,10,13,15-16,20-21H,3-4,8-9,11-12,14H2,1-2H3,(H,29,33)/t2*20-/m10/s1. The van der Waals surface area contributed by atoms with Crippen LogP contribution in [0.15, 0.2) is 85.7 Å². The van der Waals surface area contributed by atoms with E-state index in [4.69, 9.17) is 18.9 Å². The number of nitrogens with one attached hydrogen (secondary N) is 2. The second-order valence-corrected chi connectivity index (χ2v) is 18.3. The number of rotatable bonds is 12. The number of amides is 2. The first-order chi connectivity index (χ1) is 34.2. The Morgan fingerprint density at radius 1 is 0.543 bits per heavy atom. The predicted octanol–water partition coefficient (Wildman–Crippen LogP) is 5.84. The summed E-state index contributed by atoms with van der Waals surface area (Å²) in [5.74, 6) is 3.92. The molecule has 70 heavy (non-hydrogen) atoms. The van der Waals surface area contributed by atoms with Crippen LogP contribution in [-0.2, 0) is 25.7 Å². The van der Waals surface area contributed by atoms with Gasteiger partial charge in [-0.1, -0.05) is 0 Å². The summed E-state index contributed by atoms with van der Waals surface area (Å²) in [5.41, 5.74) is 7.65. The highest BCUT2D eigenvalue weighted by Crippen LogP contribution is 2.28. The summed E-state index contributed by atoms with van der Waals surface area (Å²) in [6.45, 7) is 7.20. The molecule has 8 heterocycles. The Morgan fingerprint density at radius 2 is 0.971 bits per heavy atom. The van der Waals surface area contributed by atoms with Gasteiger partial charge in [0.2, 0.25) is 11.8 Å². The fourth-order valence-corrected chi connectivity index (χ4v) is 9.60. The summed E-state index contributed by atoms with van der Waals surface area (Å²) in [6, 6.07) is 15.3. The molecule has 2 amide bonds. The monoisotopic (exact) mass is 948 g/mol. The number of aromatic nitrogens is 8. The van der Waals surface area contributed by atoms with Gasteiger partial charge >= 0.3 is 0 Å². The molecule has 2 aliphatic carbocycles. The number of fused-ring (bicyclic) bond motifs is 2. The van der Waals surface area contributed by atoms with Crippen molar-refractivity contribution in [1.29, 1.82) is 0 Å². The molecule has 0 saturated carbocycles. The van der Waals surface area contributed by atoms with E-state index in [0.717, 1.165) is 125 Å². The molecule has 18 nitrogen and oxygen atoms in total. The van der Waals surface area contributed by atoms with Crippen molar-refractivity contribution in [2.45, 2.75) is 102 Å². The lowest BCUT2D eigenvalue weighted by Crippen LogP contribution is -2.40. The zero-order valence-corrected chi connectivity index (χ0v) is 40.2. The first kappa shape index (κ1) is 47.6. The average molecular weight is 949 g/mol. The second-order valence-electron chi connectivity index (χ2n) is 18.3. The molecule has 6 aromatic rings. The van der Waals surface area contributed by atoms with Crippen LogP contribution in [0, 0.1) is 13.8 Å². The molecule has 18 heteroatoms. The van der Waals surface area contributed by atoms with Gasteiger partial charge < -0.3 is 39.4 Å². The number of piperidine rings is 2. The number of anilines is 2. The van der Waals surface area contributed by atoms with Crippen LogP contribution < -0.4 is 39.4 Å². The highest BCUT2D eigenvalue weighted by molar-refractivity contribution is 5.93. The maximum Gasteiger partial charge on any atom is 0.272 e. The van der Waals surface area contributed by atoms with Crippen LogP contribution in [0.5, 0.6) is 23.3 Å². The van der Waals surface area contributed by atoms with Crippen molar-refractivity contribution in [3.8, 4) is 23.3 Å². The molecule has 2 saturated heterocycles. The van der Waals surface area contributed by atoms with Crippen molar-refractivity contribution < 1.29 is 28.5 Å². The minimum atomic E-state index is -0.176. The van der Waals surface area contributed by atoms with Gasteiger partial charge in [0.15, 0.2) is 23.0 Å². The van der Waals surface area contributed by atoms with Crippen LogP contribution in [0.25, 0.3) is 0 Å². The van der Waals surface area contributed by atoms with Gasteiger partial charge in [-0.15, -0.1) is 20.4 Å². The highest BCUT2D eigenvalue weighted by Gasteiger charge is 2.28. The normalized spacial score (nSPS) is 18.0. The molecule has 10 rings (SSSR count). The van der Waals surface area contributed by atoms with Gasteiger partial charge in [0.25, 0.3) is 11.8 Å². The molecule has 2 aliphatic heterocycles. The third-order valence-electron chi connectivity index (χ3n) is 13.4. The van der Waals surface area contributed by atoms with E-state index in [1.54, 1.807) is 38.7 Å². The van der Waals surface area contributed by atoms with Crippen LogP contribution in [-0.4, -0.2) is 117 Å².